The molecule has 0 aliphatic rings. The number of nitrogens with two attached hydrogens (primary N) is 1. The van der Waals surface area contributed by atoms with E-state index in [1.165, 1.54) is 0 Å². The summed E-state index contributed by atoms with van der Waals surface area (Å²) in [5.41, 5.74) is 8.89. The second-order valence-corrected chi connectivity index (χ2v) is 5.10. The zero-order valence-electron chi connectivity index (χ0n) is 10.4. The summed E-state index contributed by atoms with van der Waals surface area (Å²) in [7, 11) is 0. The lowest BCUT2D eigenvalue weighted by Crippen LogP contribution is -1.94. The molecule has 3 nitrogen and oxygen atoms in total. The van der Waals surface area contributed by atoms with Crippen LogP contribution in [0.3, 0.4) is 0 Å². The van der Waals surface area contributed by atoms with Crippen molar-refractivity contribution in [2.24, 2.45) is 0 Å². The van der Waals surface area contributed by atoms with Gasteiger partial charge in [0.25, 0.3) is 0 Å². The van der Waals surface area contributed by atoms with E-state index < -0.39 is 0 Å². The van der Waals surface area contributed by atoms with E-state index in [9.17, 15) is 0 Å². The Labute approximate surface area is 126 Å². The maximum absolute atomic E-state index is 6.22. The van der Waals surface area contributed by atoms with Crippen molar-refractivity contribution in [2.75, 3.05) is 5.73 Å². The molecule has 20 heavy (non-hydrogen) atoms. The first-order valence-electron chi connectivity index (χ1n) is 6.02. The van der Waals surface area contributed by atoms with E-state index in [0.29, 0.717) is 21.4 Å². The van der Waals surface area contributed by atoms with Crippen molar-refractivity contribution in [3.05, 3.63) is 64.8 Å². The molecule has 0 unspecified atom stereocenters. The van der Waals surface area contributed by atoms with Crippen LogP contribution in [0.25, 0.3) is 16.9 Å². The minimum atomic E-state index is 0.458. The van der Waals surface area contributed by atoms with Crippen LogP contribution in [0.2, 0.25) is 10.0 Å². The van der Waals surface area contributed by atoms with Crippen molar-refractivity contribution >= 4 is 28.9 Å². The molecule has 0 aliphatic heterocycles. The molecule has 0 fully saturated rings. The number of anilines is 1. The third-order valence-corrected chi connectivity index (χ3v) is 3.79. The monoisotopic (exact) mass is 303 g/mol. The topological polar surface area (TPSA) is 43.8 Å². The van der Waals surface area contributed by atoms with E-state index in [0.717, 1.165) is 11.3 Å². The van der Waals surface area contributed by atoms with Gasteiger partial charge in [0.2, 0.25) is 0 Å². The van der Waals surface area contributed by atoms with E-state index in [1.54, 1.807) is 16.9 Å². The van der Waals surface area contributed by atoms with E-state index in [2.05, 4.69) is 5.10 Å². The van der Waals surface area contributed by atoms with Crippen LogP contribution < -0.4 is 5.73 Å². The van der Waals surface area contributed by atoms with Crippen LogP contribution in [0.5, 0.6) is 0 Å². The minimum Gasteiger partial charge on any atom is -0.396 e. The predicted molar refractivity (Wildman–Crippen MR) is 83.4 cm³/mol. The Hall–Kier alpha value is -1.97. The third-order valence-electron chi connectivity index (χ3n) is 2.97. The molecular weight excluding hydrogens is 293 g/mol. The normalized spacial score (nSPS) is 10.7. The maximum Gasteiger partial charge on any atom is 0.117 e. The number of hydrogen-bond acceptors (Lipinski definition) is 2. The number of nitrogen functional groups attached to an aromatic ring is 1. The third kappa shape index (κ3) is 2.26. The molecule has 100 valence electrons. The minimum absolute atomic E-state index is 0.458. The zero-order valence-corrected chi connectivity index (χ0v) is 11.9. The van der Waals surface area contributed by atoms with Gasteiger partial charge in [-0.15, -0.1) is 0 Å². The largest absolute Gasteiger partial charge is 0.396 e. The number of halogens is 2. The van der Waals surface area contributed by atoms with Crippen LogP contribution in [-0.2, 0) is 0 Å². The summed E-state index contributed by atoms with van der Waals surface area (Å²) in [5, 5.41) is 5.44. The highest BCUT2D eigenvalue weighted by molar-refractivity contribution is 6.43. The first kappa shape index (κ1) is 13.0. The second-order valence-electron chi connectivity index (χ2n) is 4.31. The first-order valence-corrected chi connectivity index (χ1v) is 6.77. The average Bonchev–Trinajstić information content (AvgIpc) is 2.85. The second kappa shape index (κ2) is 5.19. The number of hydrogen-bond donors (Lipinski definition) is 1. The van der Waals surface area contributed by atoms with Gasteiger partial charge in [-0.1, -0.05) is 53.5 Å². The summed E-state index contributed by atoms with van der Waals surface area (Å²) in [6.45, 7) is 0. The van der Waals surface area contributed by atoms with Crippen molar-refractivity contribution in [1.29, 1.82) is 0 Å². The molecule has 0 saturated carbocycles. The summed E-state index contributed by atoms with van der Waals surface area (Å²) in [4.78, 5) is 0. The number of benzene rings is 2. The van der Waals surface area contributed by atoms with E-state index in [-0.39, 0.29) is 0 Å². The molecule has 1 aromatic heterocycles. The average molecular weight is 304 g/mol. The highest BCUT2D eigenvalue weighted by atomic mass is 35.5. The SMILES string of the molecule is Nc1cn(-c2ccccc2)nc1-c1cccc(Cl)c1Cl. The standard InChI is InChI=1S/C15H11Cl2N3/c16-12-8-4-7-11(14(12)17)15-13(18)9-20(19-15)10-5-2-1-3-6-10/h1-9H,18H2. The van der Waals surface area contributed by atoms with Gasteiger partial charge in [0, 0.05) is 5.56 Å². The van der Waals surface area contributed by atoms with Crippen LogP contribution >= 0.6 is 23.2 Å². The lowest BCUT2D eigenvalue weighted by atomic mass is 10.1. The highest BCUT2D eigenvalue weighted by Gasteiger charge is 2.14. The molecule has 0 saturated heterocycles. The number of aromatic nitrogens is 2. The van der Waals surface area contributed by atoms with Crippen molar-refractivity contribution < 1.29 is 0 Å². The molecule has 1 heterocycles. The lowest BCUT2D eigenvalue weighted by Gasteiger charge is -2.03. The molecule has 3 aromatic rings. The Kier molecular flexibility index (Phi) is 3.38. The Bertz CT molecular complexity index is 751. The van der Waals surface area contributed by atoms with E-state index in [4.69, 9.17) is 28.9 Å². The fraction of sp³-hybridized carbons (Fsp3) is 0. The fourth-order valence-electron chi connectivity index (χ4n) is 2.00. The van der Waals surface area contributed by atoms with Crippen molar-refractivity contribution in [1.82, 2.24) is 9.78 Å². The van der Waals surface area contributed by atoms with Gasteiger partial charge in [-0.25, -0.2) is 4.68 Å². The van der Waals surface area contributed by atoms with Crippen LogP contribution in [0.1, 0.15) is 0 Å². The summed E-state index contributed by atoms with van der Waals surface area (Å²) < 4.78 is 1.72. The quantitative estimate of drug-likeness (QED) is 0.761. The molecular formula is C15H11Cl2N3. The molecule has 5 heteroatoms. The van der Waals surface area contributed by atoms with Gasteiger partial charge in [-0.3, -0.25) is 0 Å². The molecule has 0 bridgehead atoms. The molecule has 2 aromatic carbocycles. The van der Waals surface area contributed by atoms with Crippen molar-refractivity contribution in [2.45, 2.75) is 0 Å². The molecule has 0 atom stereocenters. The molecule has 0 spiro atoms. The summed E-state index contributed by atoms with van der Waals surface area (Å²) in [6.07, 6.45) is 1.77. The van der Waals surface area contributed by atoms with Gasteiger partial charge >= 0.3 is 0 Å². The Morgan fingerprint density at radius 2 is 1.70 bits per heavy atom. The summed E-state index contributed by atoms with van der Waals surface area (Å²) in [5.74, 6) is 0. The first-order chi connectivity index (χ1) is 9.66. The summed E-state index contributed by atoms with van der Waals surface area (Å²) in [6, 6.07) is 15.2. The smallest absolute Gasteiger partial charge is 0.117 e. The van der Waals surface area contributed by atoms with Gasteiger partial charge in [0.1, 0.15) is 5.69 Å². The number of nitrogens with zero attached hydrogens (tertiary/aromatic N) is 2. The Balaban J connectivity index is 2.12. The molecule has 2 N–H and O–H groups in total. The van der Waals surface area contributed by atoms with Crippen molar-refractivity contribution in [3.8, 4) is 16.9 Å². The van der Waals surface area contributed by atoms with Gasteiger partial charge in [-0.2, -0.15) is 5.10 Å². The van der Waals surface area contributed by atoms with Crippen LogP contribution in [-0.4, -0.2) is 9.78 Å². The number of para-hydroxylation sites is 1. The van der Waals surface area contributed by atoms with Gasteiger partial charge in [0.15, 0.2) is 0 Å². The zero-order chi connectivity index (χ0) is 14.1. The predicted octanol–water partition coefficient (Wildman–Crippen LogP) is 4.43. The maximum atomic E-state index is 6.22. The molecule has 0 radical (unpaired) electrons. The fourth-order valence-corrected chi connectivity index (χ4v) is 2.39. The number of rotatable bonds is 2. The molecule has 0 aliphatic carbocycles. The Morgan fingerprint density at radius 1 is 0.950 bits per heavy atom. The Morgan fingerprint density at radius 3 is 2.45 bits per heavy atom. The molecule has 0 amide bonds. The van der Waals surface area contributed by atoms with E-state index >= 15 is 0 Å². The summed E-state index contributed by atoms with van der Waals surface area (Å²) >= 11 is 12.3. The van der Waals surface area contributed by atoms with E-state index in [1.807, 2.05) is 42.5 Å². The molecule has 3 rings (SSSR count). The van der Waals surface area contributed by atoms with Crippen LogP contribution in [0, 0.1) is 0 Å². The highest BCUT2D eigenvalue weighted by Crippen LogP contribution is 2.35. The van der Waals surface area contributed by atoms with Gasteiger partial charge in [-0.05, 0) is 18.2 Å². The van der Waals surface area contributed by atoms with Gasteiger partial charge in [0.05, 0.1) is 27.6 Å². The lowest BCUT2D eigenvalue weighted by molar-refractivity contribution is 0.884. The van der Waals surface area contributed by atoms with Gasteiger partial charge < -0.3 is 5.73 Å². The van der Waals surface area contributed by atoms with Crippen molar-refractivity contribution in [3.63, 3.8) is 0 Å². The van der Waals surface area contributed by atoms with Crippen LogP contribution in [0.4, 0.5) is 5.69 Å². The van der Waals surface area contributed by atoms with Crippen LogP contribution in [0.15, 0.2) is 54.7 Å².